The Morgan fingerprint density at radius 2 is 1.64 bits per heavy atom. The van der Waals surface area contributed by atoms with Crippen molar-refractivity contribution in [3.63, 3.8) is 0 Å². The third-order valence-corrected chi connectivity index (χ3v) is 8.42. The predicted molar refractivity (Wildman–Crippen MR) is 156 cm³/mol. The molecule has 1 fully saturated rings. The molecular formula is C32H34N2O10. The summed E-state index contributed by atoms with van der Waals surface area (Å²) in [5.74, 6) is 0.348. The van der Waals surface area contributed by atoms with Crippen molar-refractivity contribution >= 4 is 17.6 Å². The SMILES string of the molecule is COc1cc([C@@H]2c3cc4c(cc3[C@@H](Nc3ccc(OCCCCC(=O)NO)cc3)[C@H]3COC(=O)[C@H]23)OCO4)cc(OC)c1O. The number of carbonyl (C=O) groups excluding carboxylic acids is 2. The van der Waals surface area contributed by atoms with E-state index >= 15 is 0 Å². The normalized spacial score (nSPS) is 21.1. The Kier molecular flexibility index (Phi) is 8.25. The number of amides is 1. The first-order valence-corrected chi connectivity index (χ1v) is 14.4. The van der Waals surface area contributed by atoms with Crippen molar-refractivity contribution in [2.75, 3.05) is 39.5 Å². The summed E-state index contributed by atoms with van der Waals surface area (Å²) in [6.45, 7) is 0.770. The molecule has 0 radical (unpaired) electrons. The van der Waals surface area contributed by atoms with Gasteiger partial charge in [-0.1, -0.05) is 0 Å². The van der Waals surface area contributed by atoms with Crippen LogP contribution in [0.25, 0.3) is 0 Å². The van der Waals surface area contributed by atoms with E-state index in [2.05, 4.69) is 5.32 Å². The van der Waals surface area contributed by atoms with E-state index in [1.54, 1.807) is 17.6 Å². The van der Waals surface area contributed by atoms with Gasteiger partial charge in [-0.05, 0) is 78.1 Å². The van der Waals surface area contributed by atoms with Crippen molar-refractivity contribution in [2.24, 2.45) is 11.8 Å². The van der Waals surface area contributed by atoms with Crippen LogP contribution in [0.5, 0.6) is 34.5 Å². The second kappa shape index (κ2) is 12.4. The summed E-state index contributed by atoms with van der Waals surface area (Å²) in [4.78, 5) is 24.5. The number of fused-ring (bicyclic) bond motifs is 3. The molecule has 0 saturated carbocycles. The zero-order valence-electron chi connectivity index (χ0n) is 24.3. The number of rotatable bonds is 11. The predicted octanol–water partition coefficient (Wildman–Crippen LogP) is 4.28. The minimum Gasteiger partial charge on any atom is -0.502 e. The van der Waals surface area contributed by atoms with Gasteiger partial charge in [-0.25, -0.2) is 5.48 Å². The summed E-state index contributed by atoms with van der Waals surface area (Å²) in [6.07, 6.45) is 1.49. The van der Waals surface area contributed by atoms with Crippen molar-refractivity contribution in [3.8, 4) is 34.5 Å². The maximum atomic E-state index is 13.4. The number of methoxy groups -OCH3 is 2. The van der Waals surface area contributed by atoms with Crippen molar-refractivity contribution in [3.05, 3.63) is 65.2 Å². The number of nitrogens with one attached hydrogen (secondary N) is 2. The third-order valence-electron chi connectivity index (χ3n) is 8.42. The fraction of sp³-hybridized carbons (Fsp3) is 0.375. The summed E-state index contributed by atoms with van der Waals surface area (Å²) < 4.78 is 33.9. The van der Waals surface area contributed by atoms with Crippen LogP contribution in [0.2, 0.25) is 0 Å². The van der Waals surface area contributed by atoms with E-state index in [1.807, 2.05) is 36.4 Å². The van der Waals surface area contributed by atoms with Crippen LogP contribution in [-0.4, -0.2) is 56.4 Å². The van der Waals surface area contributed by atoms with Crippen molar-refractivity contribution < 1.29 is 48.3 Å². The van der Waals surface area contributed by atoms with Gasteiger partial charge in [0, 0.05) is 23.9 Å². The van der Waals surface area contributed by atoms with Crippen LogP contribution in [0.1, 0.15) is 47.9 Å². The van der Waals surface area contributed by atoms with Gasteiger partial charge in [-0.3, -0.25) is 14.8 Å². The van der Waals surface area contributed by atoms with E-state index in [4.69, 9.17) is 33.6 Å². The van der Waals surface area contributed by atoms with Crippen LogP contribution in [0.15, 0.2) is 48.5 Å². The van der Waals surface area contributed by atoms with Crippen LogP contribution < -0.4 is 34.5 Å². The topological polar surface area (TPSA) is 154 Å². The number of hydrogen-bond donors (Lipinski definition) is 4. The molecule has 232 valence electrons. The molecule has 44 heavy (non-hydrogen) atoms. The Labute approximate surface area is 253 Å². The van der Waals surface area contributed by atoms with Crippen molar-refractivity contribution in [1.29, 1.82) is 0 Å². The molecule has 2 heterocycles. The summed E-state index contributed by atoms with van der Waals surface area (Å²) >= 11 is 0. The first kappa shape index (κ1) is 29.2. The lowest BCUT2D eigenvalue weighted by molar-refractivity contribution is -0.141. The Bertz CT molecular complexity index is 1520. The number of cyclic esters (lactones) is 1. The molecule has 12 nitrogen and oxygen atoms in total. The van der Waals surface area contributed by atoms with Gasteiger partial charge in [0.25, 0.3) is 0 Å². The van der Waals surface area contributed by atoms with E-state index in [-0.39, 0.29) is 55.0 Å². The molecule has 2 aliphatic heterocycles. The molecule has 0 bridgehead atoms. The minimum atomic E-state index is -0.533. The van der Waals surface area contributed by atoms with E-state index in [0.29, 0.717) is 36.7 Å². The minimum absolute atomic E-state index is 0.104. The Balaban J connectivity index is 1.31. The standard InChI is InChI=1S/C32H34N2O10/c1-39-25-11-17(12-26(40-2)31(25)36)28-20-13-23-24(44-16-43-23)14-21(20)30(22-15-42-32(37)29(22)28)33-18-6-8-19(9-7-18)41-10-4-3-5-27(35)34-38/h6-9,11-14,22,28-30,33,36,38H,3-5,10,15-16H2,1-2H3,(H,34,35)/t22-,28+,29-,30+/m0/s1. The average molecular weight is 607 g/mol. The fourth-order valence-corrected chi connectivity index (χ4v) is 6.30. The first-order chi connectivity index (χ1) is 21.4. The highest BCUT2D eigenvalue weighted by molar-refractivity contribution is 5.79. The molecule has 0 aromatic heterocycles. The van der Waals surface area contributed by atoms with Crippen molar-refractivity contribution in [1.82, 2.24) is 5.48 Å². The zero-order chi connectivity index (χ0) is 30.8. The second-order valence-corrected chi connectivity index (χ2v) is 10.9. The number of unbranched alkanes of at least 4 members (excludes halogenated alkanes) is 1. The number of esters is 1. The largest absolute Gasteiger partial charge is 0.502 e. The maximum Gasteiger partial charge on any atom is 0.310 e. The zero-order valence-corrected chi connectivity index (χ0v) is 24.3. The molecular weight excluding hydrogens is 572 g/mol. The molecule has 3 aromatic rings. The molecule has 3 aliphatic rings. The highest BCUT2D eigenvalue weighted by Gasteiger charge is 2.52. The lowest BCUT2D eigenvalue weighted by atomic mass is 9.65. The van der Waals surface area contributed by atoms with Gasteiger partial charge < -0.3 is 38.8 Å². The Morgan fingerprint density at radius 1 is 0.955 bits per heavy atom. The van der Waals surface area contributed by atoms with Gasteiger partial charge in [0.2, 0.25) is 18.4 Å². The molecule has 1 saturated heterocycles. The van der Waals surface area contributed by atoms with Gasteiger partial charge in [0.15, 0.2) is 23.0 Å². The number of phenols is 1. The van der Waals surface area contributed by atoms with Gasteiger partial charge in [0.05, 0.1) is 39.4 Å². The monoisotopic (exact) mass is 606 g/mol. The number of anilines is 1. The van der Waals surface area contributed by atoms with Crippen molar-refractivity contribution in [2.45, 2.75) is 31.2 Å². The molecule has 3 aromatic carbocycles. The van der Waals surface area contributed by atoms with Crippen LogP contribution in [0.3, 0.4) is 0 Å². The van der Waals surface area contributed by atoms with Gasteiger partial charge in [-0.2, -0.15) is 0 Å². The second-order valence-electron chi connectivity index (χ2n) is 10.9. The number of benzene rings is 3. The van der Waals surface area contributed by atoms with E-state index in [1.165, 1.54) is 14.2 Å². The molecule has 12 heteroatoms. The number of phenolic OH excluding ortho intramolecular Hbond substituents is 1. The summed E-state index contributed by atoms with van der Waals surface area (Å²) in [7, 11) is 2.93. The van der Waals surface area contributed by atoms with Gasteiger partial charge >= 0.3 is 5.97 Å². The van der Waals surface area contributed by atoms with E-state index < -0.39 is 17.7 Å². The third kappa shape index (κ3) is 5.48. The molecule has 1 amide bonds. The maximum absolute atomic E-state index is 13.4. The molecule has 4 atom stereocenters. The lowest BCUT2D eigenvalue weighted by Gasteiger charge is -2.40. The molecule has 1 aliphatic carbocycles. The Hall–Kier alpha value is -4.84. The molecule has 4 N–H and O–H groups in total. The summed E-state index contributed by atoms with van der Waals surface area (Å²) in [5.41, 5.74) is 5.00. The summed E-state index contributed by atoms with van der Waals surface area (Å²) in [5, 5.41) is 22.8. The first-order valence-electron chi connectivity index (χ1n) is 14.4. The smallest absolute Gasteiger partial charge is 0.310 e. The number of ether oxygens (including phenoxy) is 6. The van der Waals surface area contributed by atoms with Gasteiger partial charge in [-0.15, -0.1) is 0 Å². The highest BCUT2D eigenvalue weighted by atomic mass is 16.7. The van der Waals surface area contributed by atoms with Crippen LogP contribution >= 0.6 is 0 Å². The van der Waals surface area contributed by atoms with E-state index in [0.717, 1.165) is 22.4 Å². The Morgan fingerprint density at radius 3 is 2.30 bits per heavy atom. The van der Waals surface area contributed by atoms with Crippen LogP contribution in [0.4, 0.5) is 5.69 Å². The lowest BCUT2D eigenvalue weighted by Crippen LogP contribution is -2.37. The quantitative estimate of drug-likeness (QED) is 0.107. The summed E-state index contributed by atoms with van der Waals surface area (Å²) in [6, 6.07) is 14.6. The molecule has 6 rings (SSSR count). The number of carbonyl (C=O) groups is 2. The molecule has 0 spiro atoms. The van der Waals surface area contributed by atoms with Crippen LogP contribution in [0, 0.1) is 11.8 Å². The fourth-order valence-electron chi connectivity index (χ4n) is 6.30. The highest BCUT2D eigenvalue weighted by Crippen LogP contribution is 2.56. The number of aromatic hydroxyl groups is 1. The number of hydroxylamine groups is 1. The van der Waals surface area contributed by atoms with Gasteiger partial charge in [0.1, 0.15) is 5.75 Å². The average Bonchev–Trinajstić information content (AvgIpc) is 3.67. The molecule has 0 unspecified atom stereocenters. The number of hydrogen-bond acceptors (Lipinski definition) is 11. The van der Waals surface area contributed by atoms with Crippen LogP contribution in [-0.2, 0) is 14.3 Å². The van der Waals surface area contributed by atoms with E-state index in [9.17, 15) is 14.7 Å².